The zero-order chi connectivity index (χ0) is 14.5. The molecule has 0 radical (unpaired) electrons. The van der Waals surface area contributed by atoms with E-state index in [1.807, 2.05) is 6.07 Å². The van der Waals surface area contributed by atoms with Crippen molar-refractivity contribution in [1.29, 1.82) is 0 Å². The molecule has 0 bridgehead atoms. The SMILES string of the molecule is CCC(CNC(=O)c1cc(Br)ccc1Cl)N1CCCC1. The average Bonchev–Trinajstić information content (AvgIpc) is 2.96. The summed E-state index contributed by atoms with van der Waals surface area (Å²) >= 11 is 9.44. The number of rotatable bonds is 5. The van der Waals surface area contributed by atoms with Gasteiger partial charge in [0.2, 0.25) is 0 Å². The van der Waals surface area contributed by atoms with Crippen LogP contribution in [0.1, 0.15) is 36.5 Å². The van der Waals surface area contributed by atoms with Gasteiger partial charge in [-0.05, 0) is 50.6 Å². The molecule has 0 saturated carbocycles. The second-order valence-electron chi connectivity index (χ2n) is 5.14. The van der Waals surface area contributed by atoms with Crippen LogP contribution in [0.4, 0.5) is 0 Å². The lowest BCUT2D eigenvalue weighted by Crippen LogP contribution is -2.42. The molecule has 3 nitrogen and oxygen atoms in total. The van der Waals surface area contributed by atoms with Gasteiger partial charge in [0.25, 0.3) is 5.91 Å². The molecule has 1 heterocycles. The first-order chi connectivity index (χ1) is 9.61. The number of halogens is 2. The summed E-state index contributed by atoms with van der Waals surface area (Å²) in [7, 11) is 0. The van der Waals surface area contributed by atoms with Gasteiger partial charge < -0.3 is 5.32 Å². The monoisotopic (exact) mass is 358 g/mol. The zero-order valence-corrected chi connectivity index (χ0v) is 14.0. The Kier molecular flexibility index (Phi) is 5.87. The molecule has 1 aromatic carbocycles. The smallest absolute Gasteiger partial charge is 0.252 e. The molecule has 0 spiro atoms. The van der Waals surface area contributed by atoms with Crippen LogP contribution in [0.15, 0.2) is 22.7 Å². The summed E-state index contributed by atoms with van der Waals surface area (Å²) in [5, 5.41) is 3.50. The first-order valence-electron chi connectivity index (χ1n) is 7.09. The largest absolute Gasteiger partial charge is 0.350 e. The van der Waals surface area contributed by atoms with E-state index in [1.165, 1.54) is 12.8 Å². The summed E-state index contributed by atoms with van der Waals surface area (Å²) in [6.45, 7) is 5.14. The first kappa shape index (κ1) is 15.8. The van der Waals surface area contributed by atoms with E-state index < -0.39 is 0 Å². The standard InChI is InChI=1S/C15H20BrClN2O/c1-2-12(19-7-3-4-8-19)10-18-15(20)13-9-11(16)5-6-14(13)17/h5-6,9,12H,2-4,7-8,10H2,1H3,(H,18,20). The van der Waals surface area contributed by atoms with Crippen LogP contribution in [0, 0.1) is 0 Å². The van der Waals surface area contributed by atoms with Crippen molar-refractivity contribution in [3.8, 4) is 0 Å². The minimum absolute atomic E-state index is 0.103. The molecular weight excluding hydrogens is 340 g/mol. The molecule has 1 fully saturated rings. The summed E-state index contributed by atoms with van der Waals surface area (Å²) in [5.74, 6) is -0.103. The Morgan fingerprint density at radius 1 is 1.45 bits per heavy atom. The topological polar surface area (TPSA) is 32.3 Å². The maximum Gasteiger partial charge on any atom is 0.252 e. The molecule has 1 aromatic rings. The van der Waals surface area contributed by atoms with Gasteiger partial charge in [0, 0.05) is 17.1 Å². The van der Waals surface area contributed by atoms with Crippen LogP contribution in [-0.4, -0.2) is 36.5 Å². The van der Waals surface area contributed by atoms with Crippen LogP contribution < -0.4 is 5.32 Å². The average molecular weight is 360 g/mol. The quantitative estimate of drug-likeness (QED) is 0.869. The van der Waals surface area contributed by atoms with E-state index >= 15 is 0 Å². The number of nitrogens with one attached hydrogen (secondary N) is 1. The van der Waals surface area contributed by atoms with Crippen LogP contribution >= 0.6 is 27.5 Å². The summed E-state index contributed by atoms with van der Waals surface area (Å²) < 4.78 is 0.860. The van der Waals surface area contributed by atoms with E-state index in [-0.39, 0.29) is 5.91 Å². The highest BCUT2D eigenvalue weighted by molar-refractivity contribution is 9.10. The third kappa shape index (κ3) is 3.96. The van der Waals surface area contributed by atoms with Crippen molar-refractivity contribution in [2.24, 2.45) is 0 Å². The Bertz CT molecular complexity index is 475. The predicted molar refractivity (Wildman–Crippen MR) is 86.4 cm³/mol. The van der Waals surface area contributed by atoms with Crippen LogP contribution in [0.3, 0.4) is 0 Å². The van der Waals surface area contributed by atoms with Crippen LogP contribution in [0.25, 0.3) is 0 Å². The molecule has 1 saturated heterocycles. The van der Waals surface area contributed by atoms with E-state index in [9.17, 15) is 4.79 Å². The first-order valence-corrected chi connectivity index (χ1v) is 8.26. The number of amides is 1. The Labute approximate surface area is 133 Å². The van der Waals surface area contributed by atoms with Gasteiger partial charge in [-0.1, -0.05) is 34.5 Å². The highest BCUT2D eigenvalue weighted by Crippen LogP contribution is 2.21. The molecule has 2 rings (SSSR count). The summed E-state index contributed by atoms with van der Waals surface area (Å²) in [4.78, 5) is 14.7. The molecule has 1 amide bonds. The molecular formula is C15H20BrClN2O. The minimum Gasteiger partial charge on any atom is -0.350 e. The van der Waals surface area contributed by atoms with Gasteiger partial charge >= 0.3 is 0 Å². The summed E-state index contributed by atoms with van der Waals surface area (Å²) in [5.41, 5.74) is 0.525. The van der Waals surface area contributed by atoms with E-state index in [2.05, 4.69) is 33.1 Å². The Balaban J connectivity index is 1.95. The van der Waals surface area contributed by atoms with Gasteiger partial charge in [-0.3, -0.25) is 9.69 Å². The number of carbonyl (C=O) groups is 1. The van der Waals surface area contributed by atoms with E-state index in [0.29, 0.717) is 23.2 Å². The Hall–Kier alpha value is -0.580. The van der Waals surface area contributed by atoms with E-state index in [4.69, 9.17) is 11.6 Å². The zero-order valence-electron chi connectivity index (χ0n) is 11.7. The van der Waals surface area contributed by atoms with Crippen LogP contribution in [0.2, 0.25) is 5.02 Å². The van der Waals surface area contributed by atoms with Crippen molar-refractivity contribution in [2.75, 3.05) is 19.6 Å². The third-order valence-electron chi connectivity index (χ3n) is 3.80. The second-order valence-corrected chi connectivity index (χ2v) is 6.46. The molecule has 1 unspecified atom stereocenters. The van der Waals surface area contributed by atoms with Crippen LogP contribution in [-0.2, 0) is 0 Å². The normalized spacial score (nSPS) is 17.1. The molecule has 20 heavy (non-hydrogen) atoms. The summed E-state index contributed by atoms with van der Waals surface area (Å²) in [6, 6.07) is 5.75. The molecule has 0 aromatic heterocycles. The predicted octanol–water partition coefficient (Wildman–Crippen LogP) is 3.71. The highest BCUT2D eigenvalue weighted by atomic mass is 79.9. The number of benzene rings is 1. The second kappa shape index (κ2) is 7.43. The number of nitrogens with zero attached hydrogens (tertiary/aromatic N) is 1. The number of carbonyl (C=O) groups excluding carboxylic acids is 1. The van der Waals surface area contributed by atoms with Crippen LogP contribution in [0.5, 0.6) is 0 Å². The van der Waals surface area contributed by atoms with Gasteiger partial charge in [0.15, 0.2) is 0 Å². The molecule has 110 valence electrons. The number of hydrogen-bond donors (Lipinski definition) is 1. The molecule has 5 heteroatoms. The Morgan fingerprint density at radius 2 is 2.15 bits per heavy atom. The maximum atomic E-state index is 12.2. The van der Waals surface area contributed by atoms with Gasteiger partial charge in [-0.2, -0.15) is 0 Å². The highest BCUT2D eigenvalue weighted by Gasteiger charge is 2.21. The molecule has 0 aliphatic carbocycles. The van der Waals surface area contributed by atoms with Gasteiger partial charge in [-0.15, -0.1) is 0 Å². The fraction of sp³-hybridized carbons (Fsp3) is 0.533. The maximum absolute atomic E-state index is 12.2. The Morgan fingerprint density at radius 3 is 2.80 bits per heavy atom. The summed E-state index contributed by atoms with van der Waals surface area (Å²) in [6.07, 6.45) is 3.58. The van der Waals surface area contributed by atoms with E-state index in [1.54, 1.807) is 12.1 Å². The fourth-order valence-electron chi connectivity index (χ4n) is 2.62. The fourth-order valence-corrected chi connectivity index (χ4v) is 3.18. The minimum atomic E-state index is -0.103. The number of likely N-dealkylation sites (tertiary alicyclic amines) is 1. The van der Waals surface area contributed by atoms with E-state index in [0.717, 1.165) is 24.0 Å². The molecule has 1 N–H and O–H groups in total. The van der Waals surface area contributed by atoms with Crippen molar-refractivity contribution in [3.63, 3.8) is 0 Å². The lowest BCUT2D eigenvalue weighted by Gasteiger charge is -2.26. The molecule has 1 aliphatic rings. The lowest BCUT2D eigenvalue weighted by molar-refractivity contribution is 0.0937. The van der Waals surface area contributed by atoms with Crippen molar-refractivity contribution in [2.45, 2.75) is 32.2 Å². The number of hydrogen-bond acceptors (Lipinski definition) is 2. The molecule has 1 atom stereocenters. The van der Waals surface area contributed by atoms with Gasteiger partial charge in [-0.25, -0.2) is 0 Å². The van der Waals surface area contributed by atoms with Crippen molar-refractivity contribution in [3.05, 3.63) is 33.3 Å². The molecule has 1 aliphatic heterocycles. The third-order valence-corrected chi connectivity index (χ3v) is 4.62. The van der Waals surface area contributed by atoms with Crippen molar-refractivity contribution >= 4 is 33.4 Å². The van der Waals surface area contributed by atoms with Crippen molar-refractivity contribution < 1.29 is 4.79 Å². The lowest BCUT2D eigenvalue weighted by atomic mass is 10.1. The van der Waals surface area contributed by atoms with Gasteiger partial charge in [0.1, 0.15) is 0 Å². The van der Waals surface area contributed by atoms with Gasteiger partial charge in [0.05, 0.1) is 10.6 Å². The van der Waals surface area contributed by atoms with Crippen molar-refractivity contribution in [1.82, 2.24) is 10.2 Å².